The summed E-state index contributed by atoms with van der Waals surface area (Å²) in [5.41, 5.74) is 1.32. The zero-order valence-corrected chi connectivity index (χ0v) is 9.21. The maximum Gasteiger partial charge on any atom is 0.119 e. The second-order valence-corrected chi connectivity index (χ2v) is 3.49. The molecule has 78 valence electrons. The lowest BCUT2D eigenvalue weighted by Gasteiger charge is -2.13. The van der Waals surface area contributed by atoms with Gasteiger partial charge < -0.3 is 10.1 Å². The highest BCUT2D eigenvalue weighted by Gasteiger charge is 2.04. The third kappa shape index (κ3) is 3.04. The lowest BCUT2D eigenvalue weighted by molar-refractivity contribution is 0.414. The molecule has 0 aliphatic rings. The quantitative estimate of drug-likeness (QED) is 0.775. The Hall–Kier alpha value is -1.02. The Balaban J connectivity index is 2.64. The van der Waals surface area contributed by atoms with Crippen LogP contribution in [0, 0.1) is 0 Å². The van der Waals surface area contributed by atoms with Crippen molar-refractivity contribution in [1.29, 1.82) is 0 Å². The van der Waals surface area contributed by atoms with Gasteiger partial charge in [0, 0.05) is 6.54 Å². The average molecular weight is 193 g/mol. The van der Waals surface area contributed by atoms with Crippen molar-refractivity contribution in [2.45, 2.75) is 19.8 Å². The van der Waals surface area contributed by atoms with Gasteiger partial charge in [0.1, 0.15) is 5.75 Å². The number of ether oxygens (including phenoxy) is 1. The minimum Gasteiger partial charge on any atom is -0.497 e. The molecule has 0 aliphatic heterocycles. The summed E-state index contributed by atoms with van der Waals surface area (Å²) < 4.78 is 5.19. The number of hydrogen-bond donors (Lipinski definition) is 1. The van der Waals surface area contributed by atoms with E-state index >= 15 is 0 Å². The highest BCUT2D eigenvalue weighted by molar-refractivity contribution is 5.30. The van der Waals surface area contributed by atoms with Crippen molar-refractivity contribution in [3.63, 3.8) is 0 Å². The summed E-state index contributed by atoms with van der Waals surface area (Å²) in [5.74, 6) is 1.47. The number of rotatable bonds is 5. The third-order valence-electron chi connectivity index (χ3n) is 2.36. The van der Waals surface area contributed by atoms with Crippen LogP contribution >= 0.6 is 0 Å². The third-order valence-corrected chi connectivity index (χ3v) is 2.36. The lowest BCUT2D eigenvalue weighted by atomic mass is 10.0. The summed E-state index contributed by atoms with van der Waals surface area (Å²) in [6, 6.07) is 8.26. The summed E-state index contributed by atoms with van der Waals surface area (Å²) >= 11 is 0. The molecule has 0 fully saturated rings. The Morgan fingerprint density at radius 1 is 1.43 bits per heavy atom. The van der Waals surface area contributed by atoms with Crippen LogP contribution in [0.4, 0.5) is 0 Å². The fourth-order valence-corrected chi connectivity index (χ4v) is 1.43. The first kappa shape index (κ1) is 11.1. The molecule has 0 heterocycles. The van der Waals surface area contributed by atoms with Crippen molar-refractivity contribution in [2.24, 2.45) is 0 Å². The van der Waals surface area contributed by atoms with Gasteiger partial charge in [-0.1, -0.05) is 26.0 Å². The van der Waals surface area contributed by atoms with Gasteiger partial charge in [-0.3, -0.25) is 0 Å². The molecule has 0 radical (unpaired) electrons. The first-order valence-electron chi connectivity index (χ1n) is 5.12. The fraction of sp³-hybridized carbons (Fsp3) is 0.500. The van der Waals surface area contributed by atoms with Gasteiger partial charge in [0.25, 0.3) is 0 Å². The standard InChI is InChI=1S/C12H19NO/c1-4-13-9-10(2)11-6-5-7-12(8-11)14-3/h5-8,10,13H,4,9H2,1-3H3. The van der Waals surface area contributed by atoms with Crippen LogP contribution in [0.3, 0.4) is 0 Å². The van der Waals surface area contributed by atoms with E-state index in [9.17, 15) is 0 Å². The number of benzene rings is 1. The van der Waals surface area contributed by atoms with Gasteiger partial charge >= 0.3 is 0 Å². The minimum atomic E-state index is 0.532. The van der Waals surface area contributed by atoms with E-state index in [2.05, 4.69) is 31.3 Å². The van der Waals surface area contributed by atoms with Gasteiger partial charge in [0.2, 0.25) is 0 Å². The van der Waals surface area contributed by atoms with Crippen molar-refractivity contribution in [1.82, 2.24) is 5.32 Å². The van der Waals surface area contributed by atoms with E-state index in [0.29, 0.717) is 5.92 Å². The van der Waals surface area contributed by atoms with Crippen LogP contribution in [-0.2, 0) is 0 Å². The molecule has 0 aromatic heterocycles. The lowest BCUT2D eigenvalue weighted by Crippen LogP contribution is -2.19. The van der Waals surface area contributed by atoms with Gasteiger partial charge in [-0.15, -0.1) is 0 Å². The number of methoxy groups -OCH3 is 1. The molecule has 2 heteroatoms. The van der Waals surface area contributed by atoms with Crippen molar-refractivity contribution >= 4 is 0 Å². The summed E-state index contributed by atoms with van der Waals surface area (Å²) in [5, 5.41) is 3.34. The molecule has 1 aromatic carbocycles. The second kappa shape index (κ2) is 5.66. The molecule has 0 spiro atoms. The Morgan fingerprint density at radius 2 is 2.21 bits per heavy atom. The average Bonchev–Trinajstić information content (AvgIpc) is 2.26. The smallest absolute Gasteiger partial charge is 0.119 e. The minimum absolute atomic E-state index is 0.532. The molecule has 0 bridgehead atoms. The van der Waals surface area contributed by atoms with Crippen LogP contribution in [0.25, 0.3) is 0 Å². The molecular weight excluding hydrogens is 174 g/mol. The van der Waals surface area contributed by atoms with E-state index in [1.807, 2.05) is 12.1 Å². The van der Waals surface area contributed by atoms with Crippen LogP contribution in [0.1, 0.15) is 25.3 Å². The summed E-state index contributed by atoms with van der Waals surface area (Å²) in [6.45, 7) is 6.38. The summed E-state index contributed by atoms with van der Waals surface area (Å²) in [6.07, 6.45) is 0. The van der Waals surface area contributed by atoms with Gasteiger partial charge in [0.05, 0.1) is 7.11 Å². The largest absolute Gasteiger partial charge is 0.497 e. The highest BCUT2D eigenvalue weighted by atomic mass is 16.5. The molecular formula is C12H19NO. The highest BCUT2D eigenvalue weighted by Crippen LogP contribution is 2.19. The molecule has 1 rings (SSSR count). The molecule has 1 atom stereocenters. The van der Waals surface area contributed by atoms with Crippen molar-refractivity contribution in [3.8, 4) is 5.75 Å². The molecule has 1 unspecified atom stereocenters. The Morgan fingerprint density at radius 3 is 2.86 bits per heavy atom. The first-order chi connectivity index (χ1) is 6.77. The van der Waals surface area contributed by atoms with Crippen molar-refractivity contribution < 1.29 is 4.74 Å². The van der Waals surface area contributed by atoms with E-state index < -0.39 is 0 Å². The van der Waals surface area contributed by atoms with Crippen molar-refractivity contribution in [3.05, 3.63) is 29.8 Å². The molecule has 0 saturated carbocycles. The van der Waals surface area contributed by atoms with Crippen LogP contribution < -0.4 is 10.1 Å². The van der Waals surface area contributed by atoms with Crippen LogP contribution in [-0.4, -0.2) is 20.2 Å². The maximum absolute atomic E-state index is 5.19. The van der Waals surface area contributed by atoms with E-state index in [1.54, 1.807) is 7.11 Å². The summed E-state index contributed by atoms with van der Waals surface area (Å²) in [7, 11) is 1.70. The molecule has 14 heavy (non-hydrogen) atoms. The summed E-state index contributed by atoms with van der Waals surface area (Å²) in [4.78, 5) is 0. The molecule has 1 N–H and O–H groups in total. The Labute approximate surface area is 86.3 Å². The predicted molar refractivity (Wildman–Crippen MR) is 60.0 cm³/mol. The molecule has 0 amide bonds. The van der Waals surface area contributed by atoms with Crippen LogP contribution in [0.2, 0.25) is 0 Å². The molecule has 0 aliphatic carbocycles. The van der Waals surface area contributed by atoms with E-state index in [0.717, 1.165) is 18.8 Å². The Kier molecular flexibility index (Phi) is 4.47. The Bertz CT molecular complexity index is 273. The number of hydrogen-bond acceptors (Lipinski definition) is 2. The van der Waals surface area contributed by atoms with Gasteiger partial charge in [-0.05, 0) is 30.2 Å². The van der Waals surface area contributed by atoms with Gasteiger partial charge in [-0.25, -0.2) is 0 Å². The zero-order chi connectivity index (χ0) is 10.4. The van der Waals surface area contributed by atoms with Gasteiger partial charge in [-0.2, -0.15) is 0 Å². The monoisotopic (exact) mass is 193 g/mol. The van der Waals surface area contributed by atoms with Crippen molar-refractivity contribution in [2.75, 3.05) is 20.2 Å². The predicted octanol–water partition coefficient (Wildman–Crippen LogP) is 2.41. The molecule has 2 nitrogen and oxygen atoms in total. The van der Waals surface area contributed by atoms with Crippen LogP contribution in [0.15, 0.2) is 24.3 Å². The van der Waals surface area contributed by atoms with Crippen LogP contribution in [0.5, 0.6) is 5.75 Å². The second-order valence-electron chi connectivity index (χ2n) is 3.49. The van der Waals surface area contributed by atoms with E-state index in [4.69, 9.17) is 4.74 Å². The zero-order valence-electron chi connectivity index (χ0n) is 9.21. The molecule has 1 aromatic rings. The topological polar surface area (TPSA) is 21.3 Å². The number of nitrogens with one attached hydrogen (secondary N) is 1. The normalized spacial score (nSPS) is 12.5. The maximum atomic E-state index is 5.19. The SMILES string of the molecule is CCNCC(C)c1cccc(OC)c1. The fourth-order valence-electron chi connectivity index (χ4n) is 1.43. The van der Waals surface area contributed by atoms with Gasteiger partial charge in [0.15, 0.2) is 0 Å². The van der Waals surface area contributed by atoms with E-state index in [1.165, 1.54) is 5.56 Å². The number of likely N-dealkylation sites (N-methyl/N-ethyl adjacent to an activating group) is 1. The first-order valence-corrected chi connectivity index (χ1v) is 5.12. The van der Waals surface area contributed by atoms with E-state index in [-0.39, 0.29) is 0 Å². The molecule has 0 saturated heterocycles.